The molecule has 5 aromatic rings. The smallest absolute Gasteiger partial charge is 0.267 e. The van der Waals surface area contributed by atoms with E-state index in [4.69, 9.17) is 4.98 Å². The molecule has 196 valence electrons. The van der Waals surface area contributed by atoms with Crippen molar-refractivity contribution in [2.75, 3.05) is 5.75 Å². The van der Waals surface area contributed by atoms with Crippen molar-refractivity contribution in [3.05, 3.63) is 91.5 Å². The zero-order chi connectivity index (χ0) is 26.9. The third kappa shape index (κ3) is 5.11. The highest BCUT2D eigenvalue weighted by Crippen LogP contribution is 2.35. The van der Waals surface area contributed by atoms with E-state index in [1.165, 1.54) is 22.9 Å². The van der Waals surface area contributed by atoms with Gasteiger partial charge in [-0.15, -0.1) is 11.3 Å². The quantitative estimate of drug-likeness (QED) is 0.102. The molecule has 1 amide bonds. The second kappa shape index (κ2) is 11.0. The van der Waals surface area contributed by atoms with Gasteiger partial charge in [-0.25, -0.2) is 10.4 Å². The summed E-state index contributed by atoms with van der Waals surface area (Å²) >= 11 is 6.24. The number of rotatable bonds is 6. The SMILES string of the molecule is O=C(CSc1nc2sc3c(c2c(=O)n1-c1ccc(Br)cc1)CCCC3)NN=Cc1c(O)ccc2ccccc12. The van der Waals surface area contributed by atoms with Crippen LogP contribution in [0.5, 0.6) is 5.75 Å². The van der Waals surface area contributed by atoms with Crippen LogP contribution in [-0.2, 0) is 17.6 Å². The molecule has 2 heterocycles. The zero-order valence-electron chi connectivity index (χ0n) is 20.7. The second-order valence-corrected chi connectivity index (χ2v) is 12.1. The number of nitrogens with one attached hydrogen (secondary N) is 1. The maximum atomic E-state index is 13.8. The lowest BCUT2D eigenvalue weighted by molar-refractivity contribution is -0.118. The van der Waals surface area contributed by atoms with Crippen LogP contribution in [0.2, 0.25) is 0 Å². The fourth-order valence-corrected chi connectivity index (χ4v) is 7.22. The maximum Gasteiger partial charge on any atom is 0.267 e. The first-order valence-corrected chi connectivity index (χ1v) is 15.1. The first kappa shape index (κ1) is 25.8. The predicted molar refractivity (Wildman–Crippen MR) is 162 cm³/mol. The molecule has 0 aliphatic heterocycles. The molecule has 0 saturated heterocycles. The van der Waals surface area contributed by atoms with Crippen molar-refractivity contribution in [3.63, 3.8) is 0 Å². The highest BCUT2D eigenvalue weighted by molar-refractivity contribution is 9.10. The molecule has 7 nitrogen and oxygen atoms in total. The van der Waals surface area contributed by atoms with Crippen LogP contribution < -0.4 is 11.0 Å². The third-order valence-electron chi connectivity index (χ3n) is 6.71. The van der Waals surface area contributed by atoms with Gasteiger partial charge in [0.2, 0.25) is 0 Å². The lowest BCUT2D eigenvalue weighted by Crippen LogP contribution is -2.24. The van der Waals surface area contributed by atoms with Gasteiger partial charge in [-0.3, -0.25) is 14.2 Å². The van der Waals surface area contributed by atoms with Crippen LogP contribution in [0.15, 0.2) is 80.2 Å². The van der Waals surface area contributed by atoms with E-state index < -0.39 is 0 Å². The number of aromatic nitrogens is 2. The van der Waals surface area contributed by atoms with E-state index in [0.29, 0.717) is 21.8 Å². The van der Waals surface area contributed by atoms with Gasteiger partial charge in [0.25, 0.3) is 11.5 Å². The van der Waals surface area contributed by atoms with Crippen LogP contribution in [0, 0.1) is 0 Å². The Kier molecular flexibility index (Phi) is 7.24. The Hall–Kier alpha value is -3.47. The summed E-state index contributed by atoms with van der Waals surface area (Å²) in [6, 6.07) is 18.6. The van der Waals surface area contributed by atoms with Crippen molar-refractivity contribution in [1.82, 2.24) is 15.0 Å². The van der Waals surface area contributed by atoms with Gasteiger partial charge in [-0.05, 0) is 72.4 Å². The number of phenols is 1. The van der Waals surface area contributed by atoms with Gasteiger partial charge in [-0.1, -0.05) is 58.0 Å². The molecule has 1 aliphatic carbocycles. The Balaban J connectivity index is 1.27. The monoisotopic (exact) mass is 618 g/mol. The summed E-state index contributed by atoms with van der Waals surface area (Å²) in [5, 5.41) is 17.3. The minimum atomic E-state index is -0.349. The Bertz CT molecular complexity index is 1810. The number of hydrogen-bond donors (Lipinski definition) is 2. The fraction of sp³-hybridized carbons (Fsp3) is 0.172. The summed E-state index contributed by atoms with van der Waals surface area (Å²) in [6.07, 6.45) is 5.51. The van der Waals surface area contributed by atoms with E-state index >= 15 is 0 Å². The first-order valence-electron chi connectivity index (χ1n) is 12.5. The number of fused-ring (bicyclic) bond motifs is 4. The van der Waals surface area contributed by atoms with Crippen molar-refractivity contribution in [1.29, 1.82) is 0 Å². The predicted octanol–water partition coefficient (Wildman–Crippen LogP) is 6.19. The van der Waals surface area contributed by atoms with Crippen LogP contribution in [0.3, 0.4) is 0 Å². The molecule has 2 N–H and O–H groups in total. The van der Waals surface area contributed by atoms with Gasteiger partial charge in [0, 0.05) is 14.9 Å². The number of hydrogen-bond acceptors (Lipinski definition) is 7. The number of thioether (sulfide) groups is 1. The van der Waals surface area contributed by atoms with Crippen molar-refractivity contribution < 1.29 is 9.90 Å². The molecule has 0 unspecified atom stereocenters. The Labute approximate surface area is 240 Å². The molecule has 0 saturated carbocycles. The molecule has 2 aromatic heterocycles. The van der Waals surface area contributed by atoms with Crippen molar-refractivity contribution in [2.45, 2.75) is 30.8 Å². The molecule has 0 fully saturated rings. The lowest BCUT2D eigenvalue weighted by atomic mass is 9.97. The molecule has 0 bridgehead atoms. The number of halogens is 1. The largest absolute Gasteiger partial charge is 0.507 e. The molecule has 39 heavy (non-hydrogen) atoms. The van der Waals surface area contributed by atoms with Crippen molar-refractivity contribution >= 4 is 72.1 Å². The number of nitrogens with zero attached hydrogens (tertiary/aromatic N) is 3. The van der Waals surface area contributed by atoms with Gasteiger partial charge in [0.15, 0.2) is 5.16 Å². The average molecular weight is 620 g/mol. The van der Waals surface area contributed by atoms with Crippen molar-refractivity contribution in [3.8, 4) is 11.4 Å². The highest BCUT2D eigenvalue weighted by Gasteiger charge is 2.23. The average Bonchev–Trinajstić information content (AvgIpc) is 3.32. The van der Waals surface area contributed by atoms with Crippen LogP contribution in [0.25, 0.3) is 26.7 Å². The van der Waals surface area contributed by atoms with Crippen LogP contribution in [0.1, 0.15) is 28.8 Å². The van der Waals surface area contributed by atoms with Crippen LogP contribution in [0.4, 0.5) is 0 Å². The summed E-state index contributed by atoms with van der Waals surface area (Å²) < 4.78 is 2.51. The standard InChI is InChI=1S/C29H23BrN4O3S2/c30-18-10-12-19(13-11-18)34-28(37)26-21-7-3-4-8-24(21)39-27(26)32-29(34)38-16-25(36)33-31-15-22-20-6-2-1-5-17(20)9-14-23(22)35/h1-2,5-6,9-15,35H,3-4,7-8,16H2,(H,33,36). The van der Waals surface area contributed by atoms with Gasteiger partial charge in [0.1, 0.15) is 10.6 Å². The number of aromatic hydroxyl groups is 1. The topological polar surface area (TPSA) is 96.6 Å². The minimum absolute atomic E-state index is 0.0123. The molecule has 0 atom stereocenters. The number of phenolic OH excluding ortho intramolecular Hbond substituents is 1. The van der Waals surface area contributed by atoms with Crippen LogP contribution in [-0.4, -0.2) is 32.5 Å². The lowest BCUT2D eigenvalue weighted by Gasteiger charge is -2.13. The summed E-state index contributed by atoms with van der Waals surface area (Å²) in [4.78, 5) is 33.4. The van der Waals surface area contributed by atoms with E-state index in [2.05, 4.69) is 26.5 Å². The summed E-state index contributed by atoms with van der Waals surface area (Å²) in [7, 11) is 0. The van der Waals surface area contributed by atoms with Crippen molar-refractivity contribution in [2.24, 2.45) is 5.10 Å². The number of aryl methyl sites for hydroxylation is 2. The molecule has 6 rings (SSSR count). The van der Waals surface area contributed by atoms with E-state index in [0.717, 1.165) is 51.3 Å². The molecule has 10 heteroatoms. The molecule has 3 aromatic carbocycles. The molecule has 1 aliphatic rings. The summed E-state index contributed by atoms with van der Waals surface area (Å²) in [5.74, 6) is -0.257. The van der Waals surface area contributed by atoms with E-state index in [-0.39, 0.29) is 23.0 Å². The highest BCUT2D eigenvalue weighted by atomic mass is 79.9. The van der Waals surface area contributed by atoms with E-state index in [1.807, 2.05) is 54.6 Å². The third-order valence-corrected chi connectivity index (χ3v) is 9.36. The molecule has 0 spiro atoms. The number of carbonyl (C=O) groups is 1. The van der Waals surface area contributed by atoms with Gasteiger partial charge in [0.05, 0.1) is 23.0 Å². The number of thiophene rings is 1. The molecular weight excluding hydrogens is 596 g/mol. The number of carbonyl (C=O) groups excluding carboxylic acids is 1. The van der Waals surface area contributed by atoms with Gasteiger partial charge >= 0.3 is 0 Å². The first-order chi connectivity index (χ1) is 19.0. The molecule has 0 radical (unpaired) electrons. The van der Waals surface area contributed by atoms with Gasteiger partial charge < -0.3 is 5.11 Å². The van der Waals surface area contributed by atoms with Gasteiger partial charge in [-0.2, -0.15) is 5.10 Å². The summed E-state index contributed by atoms with van der Waals surface area (Å²) in [6.45, 7) is 0. The Morgan fingerprint density at radius 3 is 2.77 bits per heavy atom. The maximum absolute atomic E-state index is 13.8. The number of amides is 1. The Morgan fingerprint density at radius 1 is 1.13 bits per heavy atom. The van der Waals surface area contributed by atoms with E-state index in [1.54, 1.807) is 22.0 Å². The normalized spacial score (nSPS) is 13.3. The fourth-order valence-electron chi connectivity index (χ4n) is 4.85. The number of benzene rings is 3. The van der Waals surface area contributed by atoms with Crippen LogP contribution >= 0.6 is 39.0 Å². The minimum Gasteiger partial charge on any atom is -0.507 e. The molecular formula is C29H23BrN4O3S2. The van der Waals surface area contributed by atoms with E-state index in [9.17, 15) is 14.7 Å². The zero-order valence-corrected chi connectivity index (χ0v) is 23.9. The summed E-state index contributed by atoms with van der Waals surface area (Å²) in [5.41, 5.74) is 4.78. The Morgan fingerprint density at radius 2 is 1.92 bits per heavy atom. The number of hydrazone groups is 1. The second-order valence-electron chi connectivity index (χ2n) is 9.20.